The van der Waals surface area contributed by atoms with E-state index in [9.17, 15) is 0 Å². The van der Waals surface area contributed by atoms with Crippen LogP contribution in [-0.2, 0) is 0 Å². The normalized spacial score (nSPS) is 7.50. The van der Waals surface area contributed by atoms with Crippen LogP contribution in [0.1, 0.15) is 0 Å². The second-order valence-electron chi connectivity index (χ2n) is 2.67. The van der Waals surface area contributed by atoms with Crippen LogP contribution in [0.5, 0.6) is 11.5 Å². The molecule has 0 saturated carbocycles. The summed E-state index contributed by atoms with van der Waals surface area (Å²) in [5.41, 5.74) is 0. The molecule has 0 aromatic heterocycles. The monoisotopic (exact) mass is 341 g/mol. The van der Waals surface area contributed by atoms with Crippen LogP contribution in [0.4, 0.5) is 0 Å². The number of hydrogen-bond acceptors (Lipinski definition) is 2. The maximum Gasteiger partial charge on any atom is 0.115 e. The first-order chi connectivity index (χ1) is 6.79. The van der Waals surface area contributed by atoms with Crippen molar-refractivity contribution in [1.82, 2.24) is 0 Å². The molecule has 0 aliphatic rings. The van der Waals surface area contributed by atoms with Crippen LogP contribution in [0.3, 0.4) is 0 Å². The molecule has 0 unspecified atom stereocenters. The molecule has 2 N–H and O–H groups in total. The second kappa shape index (κ2) is 11.0. The molecule has 4 heteroatoms. The van der Waals surface area contributed by atoms with Crippen molar-refractivity contribution in [2.75, 3.05) is 0 Å². The van der Waals surface area contributed by atoms with Gasteiger partial charge in [0.25, 0.3) is 0 Å². The van der Waals surface area contributed by atoms with E-state index in [0.29, 0.717) is 11.5 Å². The minimum absolute atomic E-state index is 0. The van der Waals surface area contributed by atoms with Gasteiger partial charge in [-0.15, -0.1) is 0 Å². The Balaban J connectivity index is 0. The van der Waals surface area contributed by atoms with Crippen LogP contribution in [0.15, 0.2) is 60.7 Å². The summed E-state index contributed by atoms with van der Waals surface area (Å²) in [5.74, 6) is 0.644. The molecular weight excluding hydrogens is 331 g/mol. The zero-order valence-corrected chi connectivity index (χ0v) is 12.0. The molecule has 0 spiro atoms. The van der Waals surface area contributed by atoms with Gasteiger partial charge in [-0.1, -0.05) is 36.4 Å². The molecule has 0 amide bonds. The van der Waals surface area contributed by atoms with Gasteiger partial charge in [-0.25, -0.2) is 0 Å². The fourth-order valence-electron chi connectivity index (χ4n) is 0.856. The van der Waals surface area contributed by atoms with Crippen LogP contribution in [-0.4, -0.2) is 18.6 Å². The standard InChI is InChI=1S/2C6H6O.B.Nd/c2*7-6-4-2-1-3-5-6;;/h2*1-5,7H;;/q;;-1;. The quantitative estimate of drug-likeness (QED) is 0.722. The predicted octanol–water partition coefficient (Wildman–Crippen LogP) is 2.40. The first-order valence-electron chi connectivity index (χ1n) is 4.27. The summed E-state index contributed by atoms with van der Waals surface area (Å²) in [7, 11) is 0. The fourth-order valence-corrected chi connectivity index (χ4v) is 0.856. The Morgan fingerprint density at radius 1 is 0.562 bits per heavy atom. The van der Waals surface area contributed by atoms with Crippen molar-refractivity contribution in [2.24, 2.45) is 0 Å². The number of benzene rings is 2. The Bertz CT molecular complexity index is 316. The van der Waals surface area contributed by atoms with Crippen LogP contribution in [0, 0.1) is 40.8 Å². The smallest absolute Gasteiger partial charge is 0.115 e. The van der Waals surface area contributed by atoms with Gasteiger partial charge in [0.2, 0.25) is 0 Å². The molecule has 0 aliphatic carbocycles. The number of rotatable bonds is 0. The van der Waals surface area contributed by atoms with Crippen molar-refractivity contribution >= 4 is 8.41 Å². The number of para-hydroxylation sites is 2. The topological polar surface area (TPSA) is 40.5 Å². The number of aromatic hydroxyl groups is 2. The third-order valence-corrected chi connectivity index (χ3v) is 1.51. The Labute approximate surface area is 130 Å². The van der Waals surface area contributed by atoms with Crippen LogP contribution in [0.25, 0.3) is 0 Å². The van der Waals surface area contributed by atoms with Crippen molar-refractivity contribution in [3.05, 3.63) is 60.7 Å². The maximum atomic E-state index is 8.63. The molecule has 0 fully saturated rings. The average Bonchev–Trinajstić information content (AvgIpc) is 2.21. The van der Waals surface area contributed by atoms with Crippen LogP contribution < -0.4 is 0 Å². The van der Waals surface area contributed by atoms with Gasteiger partial charge in [0, 0.05) is 40.8 Å². The summed E-state index contributed by atoms with van der Waals surface area (Å²) in [6.45, 7) is 0. The average molecular weight is 343 g/mol. The van der Waals surface area contributed by atoms with Crippen LogP contribution in [0.2, 0.25) is 0 Å². The zero-order valence-electron chi connectivity index (χ0n) is 8.75. The Morgan fingerprint density at radius 3 is 0.938 bits per heavy atom. The summed E-state index contributed by atoms with van der Waals surface area (Å²) < 4.78 is 0. The minimum atomic E-state index is 0. The first kappa shape index (κ1) is 17.8. The van der Waals surface area contributed by atoms with Crippen molar-refractivity contribution in [1.29, 1.82) is 0 Å². The molecule has 0 bridgehead atoms. The van der Waals surface area contributed by atoms with Crippen molar-refractivity contribution in [2.45, 2.75) is 0 Å². The summed E-state index contributed by atoms with van der Waals surface area (Å²) in [4.78, 5) is 0. The van der Waals surface area contributed by atoms with E-state index in [1.807, 2.05) is 12.1 Å². The van der Waals surface area contributed by atoms with E-state index in [1.54, 1.807) is 48.5 Å². The molecule has 16 heavy (non-hydrogen) atoms. The molecule has 0 atom stereocenters. The molecule has 2 nitrogen and oxygen atoms in total. The minimum Gasteiger partial charge on any atom is -1.00 e. The number of phenols is 2. The van der Waals surface area contributed by atoms with E-state index in [1.165, 1.54) is 0 Å². The molecule has 2 aromatic carbocycles. The van der Waals surface area contributed by atoms with Gasteiger partial charge >= 0.3 is 0 Å². The van der Waals surface area contributed by atoms with Crippen LogP contribution >= 0.6 is 0 Å². The molecule has 0 saturated heterocycles. The van der Waals surface area contributed by atoms with E-state index in [4.69, 9.17) is 10.2 Å². The third-order valence-electron chi connectivity index (χ3n) is 1.51. The Hall–Kier alpha value is -0.544. The maximum absolute atomic E-state index is 8.63. The molecule has 2 aromatic rings. The summed E-state index contributed by atoms with van der Waals surface area (Å²) in [5, 5.41) is 17.3. The first-order valence-corrected chi connectivity index (χ1v) is 4.27. The van der Waals surface area contributed by atoms with Gasteiger partial charge in [0.05, 0.1) is 0 Å². The number of hydrogen-bond donors (Lipinski definition) is 2. The van der Waals surface area contributed by atoms with E-state index in [0.717, 1.165) is 0 Å². The predicted molar refractivity (Wildman–Crippen MR) is 62.0 cm³/mol. The van der Waals surface area contributed by atoms with Crippen molar-refractivity contribution in [3.8, 4) is 11.5 Å². The van der Waals surface area contributed by atoms with E-state index in [2.05, 4.69) is 0 Å². The van der Waals surface area contributed by atoms with Gasteiger partial charge in [0.1, 0.15) is 11.5 Å². The largest absolute Gasteiger partial charge is 1.00 e. The van der Waals surface area contributed by atoms with Gasteiger partial charge in [-0.05, 0) is 24.3 Å². The van der Waals surface area contributed by atoms with E-state index in [-0.39, 0.29) is 49.3 Å². The van der Waals surface area contributed by atoms with Crippen molar-refractivity contribution < 1.29 is 51.1 Å². The van der Waals surface area contributed by atoms with E-state index >= 15 is 0 Å². The molecule has 2 rings (SSSR count). The second-order valence-corrected chi connectivity index (χ2v) is 2.67. The third kappa shape index (κ3) is 8.74. The molecular formula is C12H12BNdO2-. The van der Waals surface area contributed by atoms with Gasteiger partial charge in [-0.3, -0.25) is 0 Å². The molecule has 0 heterocycles. The molecule has 0 aliphatic heterocycles. The number of phenolic OH excluding ortho intramolecular Hbond substituents is 2. The summed E-state index contributed by atoms with van der Waals surface area (Å²) in [6.07, 6.45) is 0. The SMILES string of the molecule is Oc1ccccc1.Oc1ccccc1.[B-].[Nd]. The van der Waals surface area contributed by atoms with Gasteiger partial charge in [0.15, 0.2) is 0 Å². The Kier molecular flexibility index (Phi) is 12.2. The van der Waals surface area contributed by atoms with Crippen molar-refractivity contribution in [3.63, 3.8) is 0 Å². The summed E-state index contributed by atoms with van der Waals surface area (Å²) >= 11 is 0. The molecule has 80 valence electrons. The molecule has 4 radical (unpaired) electrons. The summed E-state index contributed by atoms with van der Waals surface area (Å²) in [6, 6.07) is 17.4. The zero-order chi connectivity index (χ0) is 10.2. The van der Waals surface area contributed by atoms with E-state index < -0.39 is 0 Å². The Morgan fingerprint density at radius 2 is 0.812 bits per heavy atom. The van der Waals surface area contributed by atoms with Gasteiger partial charge < -0.3 is 18.6 Å². The van der Waals surface area contributed by atoms with Gasteiger partial charge in [-0.2, -0.15) is 0 Å². The fraction of sp³-hybridized carbons (Fsp3) is 0.